The molecule has 0 atom stereocenters. The van der Waals surface area contributed by atoms with Gasteiger partial charge in [0.05, 0.1) is 6.26 Å². The van der Waals surface area contributed by atoms with Gasteiger partial charge >= 0.3 is 0 Å². The van der Waals surface area contributed by atoms with Crippen molar-refractivity contribution in [1.82, 2.24) is 4.90 Å². The Morgan fingerprint density at radius 3 is 2.17 bits per heavy atom. The van der Waals surface area contributed by atoms with Gasteiger partial charge in [0, 0.05) is 19.7 Å². The van der Waals surface area contributed by atoms with E-state index >= 15 is 0 Å². The molecular formula is C12H21NO4S. The van der Waals surface area contributed by atoms with E-state index in [2.05, 4.69) is 36.2 Å². The standard InChI is InChI=1S/C11H17NO.CH4O3S/c1-12(8-5-9-13)10-11-6-3-2-4-7-11;1-5(2,3)4/h2-4,6-7,13H,5,8-10H2,1H3;1H3,(H,2,3,4). The highest BCUT2D eigenvalue weighted by Crippen LogP contribution is 2.02. The molecule has 104 valence electrons. The first-order valence-electron chi connectivity index (χ1n) is 5.58. The molecule has 0 aliphatic carbocycles. The van der Waals surface area contributed by atoms with Gasteiger partial charge in [0.25, 0.3) is 10.1 Å². The second kappa shape index (κ2) is 9.04. The summed E-state index contributed by atoms with van der Waals surface area (Å²) in [6.45, 7) is 2.19. The quantitative estimate of drug-likeness (QED) is 0.784. The third kappa shape index (κ3) is 13.1. The SMILES string of the molecule is CN(CCCO)Cc1ccccc1.CS(=O)(=O)O. The van der Waals surface area contributed by atoms with E-state index in [1.54, 1.807) is 0 Å². The summed E-state index contributed by atoms with van der Waals surface area (Å²) in [7, 11) is -1.59. The smallest absolute Gasteiger partial charge is 0.261 e. The molecule has 0 fully saturated rings. The maximum atomic E-state index is 9.19. The summed E-state index contributed by atoms with van der Waals surface area (Å²) >= 11 is 0. The number of nitrogens with zero attached hydrogens (tertiary/aromatic N) is 1. The molecule has 0 aromatic heterocycles. The second-order valence-corrected chi connectivity index (χ2v) is 5.50. The molecule has 6 heteroatoms. The molecule has 5 nitrogen and oxygen atoms in total. The Balaban J connectivity index is 0.000000494. The summed E-state index contributed by atoms with van der Waals surface area (Å²) in [4.78, 5) is 2.21. The van der Waals surface area contributed by atoms with E-state index in [0.29, 0.717) is 6.26 Å². The average molecular weight is 275 g/mol. The topological polar surface area (TPSA) is 77.8 Å². The average Bonchev–Trinajstić information content (AvgIpc) is 2.25. The highest BCUT2D eigenvalue weighted by atomic mass is 32.2. The molecule has 0 bridgehead atoms. The van der Waals surface area contributed by atoms with Crippen LogP contribution in [0, 0.1) is 0 Å². The van der Waals surface area contributed by atoms with E-state index in [4.69, 9.17) is 9.66 Å². The minimum absolute atomic E-state index is 0.277. The fourth-order valence-electron chi connectivity index (χ4n) is 1.31. The van der Waals surface area contributed by atoms with Crippen LogP contribution in [-0.2, 0) is 16.7 Å². The Bertz CT molecular complexity index is 397. The molecule has 0 heterocycles. The highest BCUT2D eigenvalue weighted by Gasteiger charge is 1.98. The van der Waals surface area contributed by atoms with E-state index in [1.807, 2.05) is 6.07 Å². The van der Waals surface area contributed by atoms with E-state index in [-0.39, 0.29) is 6.61 Å². The Kier molecular flexibility index (Phi) is 8.57. The van der Waals surface area contributed by atoms with Crippen LogP contribution in [0.5, 0.6) is 0 Å². The number of aliphatic hydroxyl groups excluding tert-OH is 1. The van der Waals surface area contributed by atoms with Crippen LogP contribution in [-0.4, -0.2) is 49.4 Å². The van der Waals surface area contributed by atoms with Gasteiger partial charge in [-0.3, -0.25) is 4.55 Å². The molecular weight excluding hydrogens is 254 g/mol. The van der Waals surface area contributed by atoms with Gasteiger partial charge in [0.2, 0.25) is 0 Å². The van der Waals surface area contributed by atoms with Crippen LogP contribution in [0.2, 0.25) is 0 Å². The number of rotatable bonds is 5. The Hall–Kier alpha value is -0.950. The zero-order valence-corrected chi connectivity index (χ0v) is 11.6. The van der Waals surface area contributed by atoms with Crippen molar-refractivity contribution in [3.63, 3.8) is 0 Å². The van der Waals surface area contributed by atoms with Crippen LogP contribution in [0.3, 0.4) is 0 Å². The van der Waals surface area contributed by atoms with Gasteiger partial charge in [-0.25, -0.2) is 0 Å². The molecule has 0 saturated carbocycles. The molecule has 0 aliphatic rings. The summed E-state index contributed by atoms with van der Waals surface area (Å²) in [5.74, 6) is 0. The monoisotopic (exact) mass is 275 g/mol. The molecule has 1 aromatic rings. The van der Waals surface area contributed by atoms with Crippen molar-refractivity contribution in [1.29, 1.82) is 0 Å². The van der Waals surface area contributed by atoms with Gasteiger partial charge in [-0.05, 0) is 19.0 Å². The van der Waals surface area contributed by atoms with Gasteiger partial charge in [-0.1, -0.05) is 30.3 Å². The first kappa shape index (κ1) is 17.1. The Labute approximate surface area is 109 Å². The Morgan fingerprint density at radius 1 is 1.22 bits per heavy atom. The first-order chi connectivity index (χ1) is 8.33. The van der Waals surface area contributed by atoms with Crippen LogP contribution < -0.4 is 0 Å². The minimum atomic E-state index is -3.67. The number of benzene rings is 1. The van der Waals surface area contributed by atoms with E-state index in [0.717, 1.165) is 19.5 Å². The van der Waals surface area contributed by atoms with Crippen molar-refractivity contribution < 1.29 is 18.1 Å². The predicted octanol–water partition coefficient (Wildman–Crippen LogP) is 1.00. The third-order valence-corrected chi connectivity index (χ3v) is 1.99. The lowest BCUT2D eigenvalue weighted by Gasteiger charge is -2.15. The third-order valence-electron chi connectivity index (χ3n) is 1.99. The largest absolute Gasteiger partial charge is 0.396 e. The molecule has 1 aromatic carbocycles. The zero-order valence-electron chi connectivity index (χ0n) is 10.8. The molecule has 0 saturated heterocycles. The fraction of sp³-hybridized carbons (Fsp3) is 0.500. The van der Waals surface area contributed by atoms with E-state index in [1.165, 1.54) is 5.56 Å². The van der Waals surface area contributed by atoms with Crippen molar-refractivity contribution in [2.75, 3.05) is 26.5 Å². The van der Waals surface area contributed by atoms with Crippen molar-refractivity contribution in [3.8, 4) is 0 Å². The van der Waals surface area contributed by atoms with Crippen LogP contribution in [0.25, 0.3) is 0 Å². The fourth-order valence-corrected chi connectivity index (χ4v) is 1.31. The normalized spacial score (nSPS) is 10.9. The molecule has 0 aliphatic heterocycles. The first-order valence-corrected chi connectivity index (χ1v) is 7.43. The predicted molar refractivity (Wildman–Crippen MR) is 72.0 cm³/mol. The molecule has 0 spiro atoms. The van der Waals surface area contributed by atoms with Gasteiger partial charge in [-0.15, -0.1) is 0 Å². The lowest BCUT2D eigenvalue weighted by Crippen LogP contribution is -2.19. The van der Waals surface area contributed by atoms with Gasteiger partial charge in [0.15, 0.2) is 0 Å². The van der Waals surface area contributed by atoms with E-state index < -0.39 is 10.1 Å². The Morgan fingerprint density at radius 2 is 1.72 bits per heavy atom. The van der Waals surface area contributed by atoms with Crippen LogP contribution >= 0.6 is 0 Å². The van der Waals surface area contributed by atoms with Crippen molar-refractivity contribution in [2.24, 2.45) is 0 Å². The van der Waals surface area contributed by atoms with Crippen LogP contribution in [0.1, 0.15) is 12.0 Å². The molecule has 2 N–H and O–H groups in total. The lowest BCUT2D eigenvalue weighted by molar-refractivity contribution is 0.244. The van der Waals surface area contributed by atoms with Gasteiger partial charge in [0.1, 0.15) is 0 Å². The maximum absolute atomic E-state index is 9.19. The molecule has 0 radical (unpaired) electrons. The van der Waals surface area contributed by atoms with Crippen molar-refractivity contribution in [2.45, 2.75) is 13.0 Å². The number of hydrogen-bond acceptors (Lipinski definition) is 4. The molecule has 1 rings (SSSR count). The summed E-state index contributed by atoms with van der Waals surface area (Å²) in [5, 5.41) is 8.65. The summed E-state index contributed by atoms with van der Waals surface area (Å²) < 4.78 is 25.9. The number of hydrogen-bond donors (Lipinski definition) is 2. The van der Waals surface area contributed by atoms with Gasteiger partial charge in [-0.2, -0.15) is 8.42 Å². The summed E-state index contributed by atoms with van der Waals surface area (Å²) in [6.07, 6.45) is 1.57. The summed E-state index contributed by atoms with van der Waals surface area (Å²) in [5.41, 5.74) is 1.32. The van der Waals surface area contributed by atoms with Crippen molar-refractivity contribution >= 4 is 10.1 Å². The van der Waals surface area contributed by atoms with Gasteiger partial charge < -0.3 is 10.0 Å². The zero-order chi connectivity index (χ0) is 14.0. The molecule has 0 amide bonds. The second-order valence-electron chi connectivity index (χ2n) is 4.03. The molecule has 18 heavy (non-hydrogen) atoms. The summed E-state index contributed by atoms with van der Waals surface area (Å²) in [6, 6.07) is 10.4. The van der Waals surface area contributed by atoms with Crippen LogP contribution in [0.4, 0.5) is 0 Å². The lowest BCUT2D eigenvalue weighted by atomic mass is 10.2. The molecule has 0 unspecified atom stereocenters. The maximum Gasteiger partial charge on any atom is 0.261 e. The highest BCUT2D eigenvalue weighted by molar-refractivity contribution is 7.85. The minimum Gasteiger partial charge on any atom is -0.396 e. The number of aliphatic hydroxyl groups is 1. The van der Waals surface area contributed by atoms with Crippen LogP contribution in [0.15, 0.2) is 30.3 Å². The van der Waals surface area contributed by atoms with E-state index in [9.17, 15) is 8.42 Å². The van der Waals surface area contributed by atoms with Crippen molar-refractivity contribution in [3.05, 3.63) is 35.9 Å².